The van der Waals surface area contributed by atoms with Crippen molar-refractivity contribution in [3.8, 4) is 11.3 Å². The van der Waals surface area contributed by atoms with E-state index >= 15 is 0 Å². The second-order valence-electron chi connectivity index (χ2n) is 8.83. The molecule has 0 saturated carbocycles. The van der Waals surface area contributed by atoms with Crippen molar-refractivity contribution in [1.29, 1.82) is 0 Å². The van der Waals surface area contributed by atoms with Gasteiger partial charge in [0.2, 0.25) is 11.7 Å². The largest absolute Gasteiger partial charge is 0.451 e. The maximum atomic E-state index is 14.5. The van der Waals surface area contributed by atoms with E-state index in [2.05, 4.69) is 26.1 Å². The summed E-state index contributed by atoms with van der Waals surface area (Å²) < 4.78 is 86.7. The molecule has 1 aliphatic heterocycles. The quantitative estimate of drug-likeness (QED) is 0.329. The molecule has 208 valence electrons. The number of rotatable bonds is 8. The number of carbonyl (C=O) groups is 1. The summed E-state index contributed by atoms with van der Waals surface area (Å²) in [6, 6.07) is 4.97. The third-order valence-corrected chi connectivity index (χ3v) is 8.46. The van der Waals surface area contributed by atoms with Gasteiger partial charge in [-0.3, -0.25) is 9.78 Å². The summed E-state index contributed by atoms with van der Waals surface area (Å²) in [5, 5.41) is 2.63. The first-order chi connectivity index (χ1) is 18.4. The Morgan fingerprint density at radius 3 is 2.41 bits per heavy atom. The van der Waals surface area contributed by atoms with E-state index < -0.39 is 51.3 Å². The highest BCUT2D eigenvalue weighted by molar-refractivity contribution is 7.98. The maximum Gasteiger partial charge on any atom is 0.451 e. The lowest BCUT2D eigenvalue weighted by Gasteiger charge is -2.32. The Morgan fingerprint density at radius 1 is 1.13 bits per heavy atom. The Labute approximate surface area is 221 Å². The summed E-state index contributed by atoms with van der Waals surface area (Å²) in [5.41, 5.74) is 0.241. The zero-order chi connectivity index (χ0) is 28.4. The molecule has 14 heteroatoms. The minimum absolute atomic E-state index is 0.0140. The van der Waals surface area contributed by atoms with Gasteiger partial charge in [-0.2, -0.15) is 13.2 Å². The molecule has 1 fully saturated rings. The van der Waals surface area contributed by atoms with E-state index in [0.717, 1.165) is 30.7 Å². The van der Waals surface area contributed by atoms with Gasteiger partial charge >= 0.3 is 6.18 Å². The van der Waals surface area contributed by atoms with Crippen LogP contribution in [0.2, 0.25) is 0 Å². The monoisotopic (exact) mass is 569 g/mol. The third-order valence-electron chi connectivity index (χ3n) is 6.21. The summed E-state index contributed by atoms with van der Waals surface area (Å²) in [6.45, 7) is -0.106. The van der Waals surface area contributed by atoms with Crippen molar-refractivity contribution in [2.75, 3.05) is 13.7 Å². The minimum atomic E-state index is -4.71. The molecule has 4 rings (SSSR count). The van der Waals surface area contributed by atoms with Crippen LogP contribution in [0.5, 0.6) is 0 Å². The Bertz CT molecular complexity index is 1430. The van der Waals surface area contributed by atoms with Crippen molar-refractivity contribution < 1.29 is 35.7 Å². The van der Waals surface area contributed by atoms with Crippen LogP contribution in [0, 0.1) is 11.6 Å². The van der Waals surface area contributed by atoms with Gasteiger partial charge in [0.25, 0.3) is 0 Å². The average molecular weight is 570 g/mol. The second kappa shape index (κ2) is 11.3. The highest BCUT2D eigenvalue weighted by atomic mass is 32.2. The van der Waals surface area contributed by atoms with E-state index in [9.17, 15) is 31.0 Å². The number of halogens is 5. The highest BCUT2D eigenvalue weighted by Gasteiger charge is 2.42. The number of alkyl halides is 3. The first kappa shape index (κ1) is 28.5. The predicted molar refractivity (Wildman–Crippen MR) is 133 cm³/mol. The molecule has 1 unspecified atom stereocenters. The van der Waals surface area contributed by atoms with Gasteiger partial charge in [-0.05, 0) is 49.0 Å². The van der Waals surface area contributed by atoms with Crippen molar-refractivity contribution in [3.05, 3.63) is 71.9 Å². The highest BCUT2D eigenvalue weighted by Crippen LogP contribution is 2.32. The average Bonchev–Trinajstić information content (AvgIpc) is 3.33. The number of hydrogen-bond acceptors (Lipinski definition) is 6. The lowest BCUT2D eigenvalue weighted by Crippen LogP contribution is -2.49. The molecule has 3 atom stereocenters. The molecule has 3 aromatic rings. The molecule has 8 nitrogen and oxygen atoms in total. The standard InChI is InChI=1S/C25H24F5N5O3S/c1-38-14-18-5-8-22(35(18)39(2,37)19-6-3-17(26)4-7-19)23(36)32-10-15-9-21(31-13-20(15)27)16-11-33-24(34-12-16)25(28,29)30/h3-4,6-7,9,11-13,18,22H,2,5,8,10,14H2,1H3,(H,32,36)/t18-,22+,39?/m1/s1. The molecular formula is C25H24F5N5O3S. The van der Waals surface area contributed by atoms with Gasteiger partial charge in [-0.1, -0.05) is 0 Å². The first-order valence-electron chi connectivity index (χ1n) is 11.6. The molecule has 1 amide bonds. The van der Waals surface area contributed by atoms with Crippen LogP contribution in [-0.4, -0.2) is 61.0 Å². The van der Waals surface area contributed by atoms with Gasteiger partial charge < -0.3 is 10.1 Å². The first-order valence-corrected chi connectivity index (χ1v) is 13.3. The van der Waals surface area contributed by atoms with Crippen molar-refractivity contribution in [1.82, 2.24) is 24.6 Å². The Morgan fingerprint density at radius 2 is 1.79 bits per heavy atom. The number of ether oxygens (including phenoxy) is 1. The topological polar surface area (TPSA) is 97.3 Å². The fourth-order valence-electron chi connectivity index (χ4n) is 4.35. The van der Waals surface area contributed by atoms with E-state index in [-0.39, 0.29) is 34.9 Å². The van der Waals surface area contributed by atoms with Gasteiger partial charge in [0.1, 0.15) is 17.7 Å². The van der Waals surface area contributed by atoms with Gasteiger partial charge in [-0.25, -0.2) is 27.3 Å². The fourth-order valence-corrected chi connectivity index (χ4v) is 6.42. The molecule has 0 radical (unpaired) electrons. The van der Waals surface area contributed by atoms with Gasteiger partial charge in [0.15, 0.2) is 0 Å². The maximum absolute atomic E-state index is 14.5. The number of aromatic nitrogens is 3. The Balaban J connectivity index is 1.53. The van der Waals surface area contributed by atoms with Gasteiger partial charge in [0, 0.05) is 48.1 Å². The summed E-state index contributed by atoms with van der Waals surface area (Å²) in [6.07, 6.45) is -1.20. The zero-order valence-corrected chi connectivity index (χ0v) is 21.4. The SMILES string of the molecule is C=S(=O)(c1ccc(F)cc1)N1[C@@H](COC)CC[C@H]1C(=O)NCc1cc(-c2cnc(C(F)(F)F)nc2)ncc1F. The van der Waals surface area contributed by atoms with E-state index in [4.69, 9.17) is 4.74 Å². The smallest absolute Gasteiger partial charge is 0.383 e. The third kappa shape index (κ3) is 6.23. The number of amides is 1. The summed E-state index contributed by atoms with van der Waals surface area (Å²) in [5.74, 6) is 0.735. The lowest BCUT2D eigenvalue weighted by atomic mass is 10.1. The lowest BCUT2D eigenvalue weighted by molar-refractivity contribution is -0.145. The second-order valence-corrected chi connectivity index (χ2v) is 11.0. The van der Waals surface area contributed by atoms with E-state index in [0.29, 0.717) is 12.8 Å². The molecule has 0 aliphatic carbocycles. The molecule has 0 bridgehead atoms. The van der Waals surface area contributed by atoms with Crippen LogP contribution >= 0.6 is 0 Å². The number of hydrogen-bond donors (Lipinski definition) is 1. The fraction of sp³-hybridized carbons (Fsp3) is 0.320. The number of benzene rings is 1. The van der Waals surface area contributed by atoms with E-state index in [1.165, 1.54) is 29.6 Å². The summed E-state index contributed by atoms with van der Waals surface area (Å²) in [4.78, 5) is 23.9. The molecule has 0 spiro atoms. The Kier molecular flexibility index (Phi) is 8.28. The number of nitrogens with zero attached hydrogens (tertiary/aromatic N) is 4. The van der Waals surface area contributed by atoms with Crippen LogP contribution in [0.3, 0.4) is 0 Å². The van der Waals surface area contributed by atoms with Gasteiger partial charge in [0.05, 0.1) is 28.2 Å². The Hall–Kier alpha value is -3.49. The molecule has 1 aromatic carbocycles. The van der Waals surface area contributed by atoms with Crippen LogP contribution in [0.4, 0.5) is 22.0 Å². The van der Waals surface area contributed by atoms with Crippen LogP contribution in [0.25, 0.3) is 11.3 Å². The van der Waals surface area contributed by atoms with Crippen LogP contribution in [-0.2, 0) is 32.0 Å². The number of carbonyl (C=O) groups excluding carboxylic acids is 1. The van der Waals surface area contributed by atoms with Gasteiger partial charge in [-0.15, -0.1) is 0 Å². The molecule has 3 heterocycles. The van der Waals surface area contributed by atoms with Crippen LogP contribution in [0.1, 0.15) is 24.2 Å². The molecule has 1 N–H and O–H groups in total. The zero-order valence-electron chi connectivity index (χ0n) is 20.6. The van der Waals surface area contributed by atoms with Crippen molar-refractivity contribution in [2.24, 2.45) is 0 Å². The molecular weight excluding hydrogens is 545 g/mol. The number of methoxy groups -OCH3 is 1. The molecule has 2 aromatic heterocycles. The summed E-state index contributed by atoms with van der Waals surface area (Å²) >= 11 is 0. The van der Waals surface area contributed by atoms with Crippen molar-refractivity contribution in [3.63, 3.8) is 0 Å². The summed E-state index contributed by atoms with van der Waals surface area (Å²) in [7, 11) is -1.75. The minimum Gasteiger partial charge on any atom is -0.383 e. The van der Waals surface area contributed by atoms with E-state index in [1.54, 1.807) is 0 Å². The van der Waals surface area contributed by atoms with Crippen LogP contribution in [0.15, 0.2) is 53.8 Å². The molecule has 1 aliphatic rings. The molecule has 39 heavy (non-hydrogen) atoms. The van der Waals surface area contributed by atoms with E-state index in [1.807, 2.05) is 0 Å². The number of pyridine rings is 1. The van der Waals surface area contributed by atoms with Crippen molar-refractivity contribution >= 4 is 21.5 Å². The number of nitrogens with one attached hydrogen (secondary N) is 1. The predicted octanol–water partition coefficient (Wildman–Crippen LogP) is 3.62. The molecule has 1 saturated heterocycles. The van der Waals surface area contributed by atoms with Crippen molar-refractivity contribution in [2.45, 2.75) is 42.5 Å². The normalized spacial score (nSPS) is 19.5. The van der Waals surface area contributed by atoms with Crippen LogP contribution < -0.4 is 5.32 Å².